The van der Waals surface area contributed by atoms with E-state index in [1.54, 1.807) is 0 Å². The summed E-state index contributed by atoms with van der Waals surface area (Å²) in [5.41, 5.74) is 0. The van der Waals surface area contributed by atoms with E-state index in [1.165, 1.54) is 32.1 Å². The first-order valence-electron chi connectivity index (χ1n) is 5.53. The first kappa shape index (κ1) is 8.55. The van der Waals surface area contributed by atoms with Gasteiger partial charge in [-0.15, -0.1) is 0 Å². The number of hydrogen-bond donors (Lipinski definition) is 1. The second-order valence-electron chi connectivity index (χ2n) is 4.89. The summed E-state index contributed by atoms with van der Waals surface area (Å²) < 4.78 is 0. The molecule has 1 saturated carbocycles. The third-order valence-electron chi connectivity index (χ3n) is 3.74. The van der Waals surface area contributed by atoms with Gasteiger partial charge in [0.05, 0.1) is 0 Å². The zero-order chi connectivity index (χ0) is 8.55. The van der Waals surface area contributed by atoms with Gasteiger partial charge in [0.2, 0.25) is 0 Å². The molecule has 70 valence electrons. The van der Waals surface area contributed by atoms with Crippen LogP contribution in [0, 0.1) is 11.8 Å². The van der Waals surface area contributed by atoms with Gasteiger partial charge >= 0.3 is 0 Å². The highest BCUT2D eigenvalue weighted by Crippen LogP contribution is 2.35. The molecular formula is C11H21N. The van der Waals surface area contributed by atoms with E-state index in [0.717, 1.165) is 23.9 Å². The molecule has 0 spiro atoms. The van der Waals surface area contributed by atoms with Crippen molar-refractivity contribution in [2.45, 2.75) is 58.0 Å². The largest absolute Gasteiger partial charge is 0.311 e. The lowest BCUT2D eigenvalue weighted by molar-refractivity contribution is 0.236. The van der Waals surface area contributed by atoms with Crippen molar-refractivity contribution in [2.75, 3.05) is 0 Å². The molecule has 2 aliphatic rings. The van der Waals surface area contributed by atoms with E-state index in [-0.39, 0.29) is 0 Å². The lowest BCUT2D eigenvalue weighted by atomic mass is 9.79. The second kappa shape index (κ2) is 3.37. The number of hydrogen-bond acceptors (Lipinski definition) is 1. The van der Waals surface area contributed by atoms with Gasteiger partial charge in [0.25, 0.3) is 0 Å². The van der Waals surface area contributed by atoms with Crippen LogP contribution in [-0.4, -0.2) is 12.1 Å². The van der Waals surface area contributed by atoms with Crippen LogP contribution in [-0.2, 0) is 0 Å². The summed E-state index contributed by atoms with van der Waals surface area (Å²) in [5.74, 6) is 1.86. The number of rotatable bonds is 2. The summed E-state index contributed by atoms with van der Waals surface area (Å²) in [6, 6.07) is 1.70. The van der Waals surface area contributed by atoms with Crippen LogP contribution >= 0.6 is 0 Å². The molecule has 0 amide bonds. The van der Waals surface area contributed by atoms with Crippen LogP contribution in [0.2, 0.25) is 0 Å². The summed E-state index contributed by atoms with van der Waals surface area (Å²) in [5, 5.41) is 3.79. The van der Waals surface area contributed by atoms with E-state index in [2.05, 4.69) is 19.2 Å². The van der Waals surface area contributed by atoms with E-state index in [0.29, 0.717) is 0 Å². The maximum Gasteiger partial charge on any atom is 0.00986 e. The third kappa shape index (κ3) is 1.52. The predicted octanol–water partition coefficient (Wildman–Crippen LogP) is 2.56. The fraction of sp³-hybridized carbons (Fsp3) is 1.00. The molecule has 2 fully saturated rings. The van der Waals surface area contributed by atoms with Gasteiger partial charge in [-0.2, -0.15) is 0 Å². The second-order valence-corrected chi connectivity index (χ2v) is 4.89. The molecule has 0 aromatic carbocycles. The molecule has 0 aromatic heterocycles. The summed E-state index contributed by atoms with van der Waals surface area (Å²) in [6.07, 6.45) is 7.31. The van der Waals surface area contributed by atoms with Gasteiger partial charge in [0.15, 0.2) is 0 Å². The van der Waals surface area contributed by atoms with Crippen molar-refractivity contribution in [2.24, 2.45) is 11.8 Å². The Morgan fingerprint density at radius 2 is 1.83 bits per heavy atom. The standard InChI is InChI=1S/C11H21N/c1-8(2)10-6-7-11(12-10)9-4-3-5-9/h8-12H,3-7H2,1-2H3. The molecule has 1 aliphatic heterocycles. The highest BCUT2D eigenvalue weighted by atomic mass is 15.0. The Morgan fingerprint density at radius 1 is 1.08 bits per heavy atom. The van der Waals surface area contributed by atoms with Gasteiger partial charge < -0.3 is 5.32 Å². The zero-order valence-electron chi connectivity index (χ0n) is 8.34. The van der Waals surface area contributed by atoms with Gasteiger partial charge in [-0.1, -0.05) is 20.3 Å². The van der Waals surface area contributed by atoms with Crippen molar-refractivity contribution in [3.8, 4) is 0 Å². The van der Waals surface area contributed by atoms with Crippen molar-refractivity contribution in [1.82, 2.24) is 5.32 Å². The van der Waals surface area contributed by atoms with Gasteiger partial charge in [-0.3, -0.25) is 0 Å². The minimum atomic E-state index is 0.815. The molecule has 1 aliphatic carbocycles. The molecule has 1 N–H and O–H groups in total. The molecular weight excluding hydrogens is 146 g/mol. The first-order chi connectivity index (χ1) is 5.77. The Morgan fingerprint density at radius 3 is 2.25 bits per heavy atom. The monoisotopic (exact) mass is 167 g/mol. The van der Waals surface area contributed by atoms with Gasteiger partial charge in [-0.25, -0.2) is 0 Å². The van der Waals surface area contributed by atoms with Crippen LogP contribution in [0.25, 0.3) is 0 Å². The SMILES string of the molecule is CC(C)C1CCC(C2CCC2)N1. The van der Waals surface area contributed by atoms with Crippen molar-refractivity contribution in [1.29, 1.82) is 0 Å². The molecule has 2 unspecified atom stereocenters. The molecule has 0 radical (unpaired) electrons. The Kier molecular flexibility index (Phi) is 2.40. The Hall–Kier alpha value is -0.0400. The fourth-order valence-corrected chi connectivity index (χ4v) is 2.54. The van der Waals surface area contributed by atoms with Crippen molar-refractivity contribution in [3.05, 3.63) is 0 Å². The van der Waals surface area contributed by atoms with E-state index < -0.39 is 0 Å². The Balaban J connectivity index is 1.81. The highest BCUT2D eigenvalue weighted by molar-refractivity contribution is 4.91. The van der Waals surface area contributed by atoms with Crippen molar-refractivity contribution < 1.29 is 0 Å². The quantitative estimate of drug-likeness (QED) is 0.666. The molecule has 1 saturated heterocycles. The highest BCUT2D eigenvalue weighted by Gasteiger charge is 2.33. The predicted molar refractivity (Wildman–Crippen MR) is 52.1 cm³/mol. The maximum absolute atomic E-state index is 3.79. The number of nitrogens with one attached hydrogen (secondary N) is 1. The molecule has 0 aromatic rings. The van der Waals surface area contributed by atoms with Crippen LogP contribution in [0.4, 0.5) is 0 Å². The first-order valence-corrected chi connectivity index (χ1v) is 5.53. The van der Waals surface area contributed by atoms with Crippen LogP contribution < -0.4 is 5.32 Å². The van der Waals surface area contributed by atoms with Gasteiger partial charge in [0, 0.05) is 12.1 Å². The van der Waals surface area contributed by atoms with E-state index in [9.17, 15) is 0 Å². The summed E-state index contributed by atoms with van der Waals surface area (Å²) in [7, 11) is 0. The Labute approximate surface area is 75.9 Å². The molecule has 1 heteroatoms. The van der Waals surface area contributed by atoms with E-state index in [1.807, 2.05) is 0 Å². The lowest BCUT2D eigenvalue weighted by Crippen LogP contribution is -2.39. The van der Waals surface area contributed by atoms with Crippen LogP contribution in [0.15, 0.2) is 0 Å². The average Bonchev–Trinajstić information content (AvgIpc) is 2.32. The summed E-state index contributed by atoms with van der Waals surface area (Å²) in [6.45, 7) is 4.67. The normalized spacial score (nSPS) is 37.2. The molecule has 0 bridgehead atoms. The minimum absolute atomic E-state index is 0.815. The molecule has 1 nitrogen and oxygen atoms in total. The zero-order valence-corrected chi connectivity index (χ0v) is 8.34. The maximum atomic E-state index is 3.79. The van der Waals surface area contributed by atoms with Crippen LogP contribution in [0.1, 0.15) is 46.0 Å². The topological polar surface area (TPSA) is 12.0 Å². The summed E-state index contributed by atoms with van der Waals surface area (Å²) in [4.78, 5) is 0. The van der Waals surface area contributed by atoms with E-state index in [4.69, 9.17) is 0 Å². The van der Waals surface area contributed by atoms with Crippen LogP contribution in [0.3, 0.4) is 0 Å². The minimum Gasteiger partial charge on any atom is -0.311 e. The third-order valence-corrected chi connectivity index (χ3v) is 3.74. The fourth-order valence-electron chi connectivity index (χ4n) is 2.54. The summed E-state index contributed by atoms with van der Waals surface area (Å²) >= 11 is 0. The van der Waals surface area contributed by atoms with Crippen molar-refractivity contribution >= 4 is 0 Å². The molecule has 12 heavy (non-hydrogen) atoms. The lowest BCUT2D eigenvalue weighted by Gasteiger charge is -2.32. The molecule has 2 atom stereocenters. The smallest absolute Gasteiger partial charge is 0.00986 e. The van der Waals surface area contributed by atoms with Gasteiger partial charge in [0.1, 0.15) is 0 Å². The molecule has 2 rings (SSSR count). The van der Waals surface area contributed by atoms with E-state index >= 15 is 0 Å². The Bertz CT molecular complexity index is 149. The van der Waals surface area contributed by atoms with Crippen molar-refractivity contribution in [3.63, 3.8) is 0 Å². The molecule has 1 heterocycles. The van der Waals surface area contributed by atoms with Crippen LogP contribution in [0.5, 0.6) is 0 Å². The van der Waals surface area contributed by atoms with Gasteiger partial charge in [-0.05, 0) is 37.5 Å². The average molecular weight is 167 g/mol.